The van der Waals surface area contributed by atoms with Crippen molar-refractivity contribution in [1.29, 1.82) is 0 Å². The third-order valence-corrected chi connectivity index (χ3v) is 1.57. The number of carboxylic acid groups (broad SMARTS) is 1. The Bertz CT molecular complexity index is 141. The van der Waals surface area contributed by atoms with Crippen LogP contribution in [-0.2, 0) is 4.79 Å². The predicted molar refractivity (Wildman–Crippen MR) is 40.0 cm³/mol. The van der Waals surface area contributed by atoms with Gasteiger partial charge in [0.15, 0.2) is 0 Å². The normalized spacial score (nSPS) is 13.3. The molecule has 0 bridgehead atoms. The Balaban J connectivity index is 3.78. The van der Waals surface area contributed by atoms with Crippen LogP contribution in [0, 0.1) is 5.92 Å². The summed E-state index contributed by atoms with van der Waals surface area (Å²) < 4.78 is 23.6. The maximum atomic E-state index is 11.8. The zero-order chi connectivity index (χ0) is 9.56. The molecular formula is C7H13F2NO2. The van der Waals surface area contributed by atoms with Crippen molar-refractivity contribution >= 4 is 5.97 Å². The molecule has 1 unspecified atom stereocenters. The topological polar surface area (TPSA) is 63.3 Å². The molecule has 1 atom stereocenters. The van der Waals surface area contributed by atoms with Crippen molar-refractivity contribution in [3.05, 3.63) is 0 Å². The van der Waals surface area contributed by atoms with Gasteiger partial charge in [-0.3, -0.25) is 4.79 Å². The first-order valence-corrected chi connectivity index (χ1v) is 3.79. The van der Waals surface area contributed by atoms with Crippen molar-refractivity contribution in [2.45, 2.75) is 25.7 Å². The fourth-order valence-corrected chi connectivity index (χ4v) is 0.921. The summed E-state index contributed by atoms with van der Waals surface area (Å²) in [6.45, 7) is 0.340. The van der Waals surface area contributed by atoms with Gasteiger partial charge in [-0.1, -0.05) is 0 Å². The van der Waals surface area contributed by atoms with Gasteiger partial charge >= 0.3 is 5.97 Å². The number of carboxylic acids is 1. The first-order chi connectivity index (χ1) is 5.57. The fraction of sp³-hybridized carbons (Fsp3) is 0.857. The van der Waals surface area contributed by atoms with Crippen molar-refractivity contribution in [3.63, 3.8) is 0 Å². The molecule has 0 fully saturated rings. The van der Waals surface area contributed by atoms with Crippen LogP contribution < -0.4 is 5.73 Å². The van der Waals surface area contributed by atoms with Crippen molar-refractivity contribution < 1.29 is 18.7 Å². The lowest BCUT2D eigenvalue weighted by atomic mass is 10.00. The molecule has 72 valence electrons. The highest BCUT2D eigenvalue weighted by Gasteiger charge is 2.21. The molecule has 0 aromatic carbocycles. The number of aliphatic carboxylic acids is 1. The van der Waals surface area contributed by atoms with Crippen LogP contribution in [0.25, 0.3) is 0 Å². The molecule has 0 aliphatic heterocycles. The number of hydrogen-bond acceptors (Lipinski definition) is 2. The summed E-state index contributed by atoms with van der Waals surface area (Å²) in [7, 11) is 0. The van der Waals surface area contributed by atoms with E-state index in [4.69, 9.17) is 10.8 Å². The zero-order valence-corrected chi connectivity index (χ0v) is 6.67. The van der Waals surface area contributed by atoms with Gasteiger partial charge in [0.25, 0.3) is 0 Å². The minimum atomic E-state index is -2.55. The van der Waals surface area contributed by atoms with Gasteiger partial charge in [-0.25, -0.2) is 8.78 Å². The first-order valence-electron chi connectivity index (χ1n) is 3.79. The average Bonchev–Trinajstić information content (AvgIpc) is 1.96. The van der Waals surface area contributed by atoms with Crippen LogP contribution in [-0.4, -0.2) is 24.0 Å². The van der Waals surface area contributed by atoms with Gasteiger partial charge in [-0.15, -0.1) is 0 Å². The summed E-state index contributed by atoms with van der Waals surface area (Å²) in [6.07, 6.45) is -2.42. The van der Waals surface area contributed by atoms with Crippen LogP contribution in [0.3, 0.4) is 0 Å². The van der Waals surface area contributed by atoms with Crippen molar-refractivity contribution in [3.8, 4) is 0 Å². The number of hydrogen-bond donors (Lipinski definition) is 2. The molecule has 0 heterocycles. The standard InChI is InChI=1S/C7H13F2NO2/c8-6(9)4-5(7(11)12)2-1-3-10/h5-6H,1-4,10H2,(H,11,12). The molecule has 0 saturated heterocycles. The van der Waals surface area contributed by atoms with Crippen LogP contribution >= 0.6 is 0 Å². The number of halogens is 2. The van der Waals surface area contributed by atoms with Gasteiger partial charge < -0.3 is 10.8 Å². The highest BCUT2D eigenvalue weighted by molar-refractivity contribution is 5.69. The second-order valence-corrected chi connectivity index (χ2v) is 2.59. The summed E-state index contributed by atoms with van der Waals surface area (Å²) in [5, 5.41) is 8.47. The second-order valence-electron chi connectivity index (χ2n) is 2.59. The lowest BCUT2D eigenvalue weighted by Crippen LogP contribution is -2.18. The number of alkyl halides is 2. The summed E-state index contributed by atoms with van der Waals surface area (Å²) in [6, 6.07) is 0. The Labute approximate surface area is 69.6 Å². The molecular weight excluding hydrogens is 168 g/mol. The van der Waals surface area contributed by atoms with E-state index in [0.29, 0.717) is 13.0 Å². The van der Waals surface area contributed by atoms with E-state index in [1.54, 1.807) is 0 Å². The quantitative estimate of drug-likeness (QED) is 0.644. The Hall–Kier alpha value is -0.710. The van der Waals surface area contributed by atoms with Crippen molar-refractivity contribution in [2.75, 3.05) is 6.54 Å². The molecule has 0 aromatic rings. The summed E-state index contributed by atoms with van der Waals surface area (Å²) in [5.41, 5.74) is 5.13. The number of rotatable bonds is 6. The molecule has 0 aromatic heterocycles. The SMILES string of the molecule is NCCCC(CC(F)F)C(=O)O. The predicted octanol–water partition coefficient (Wildman–Crippen LogP) is 1.08. The molecule has 3 N–H and O–H groups in total. The van der Waals surface area contributed by atoms with Crippen LogP contribution in [0.15, 0.2) is 0 Å². The Morgan fingerprint density at radius 3 is 2.42 bits per heavy atom. The smallest absolute Gasteiger partial charge is 0.306 e. The second kappa shape index (κ2) is 5.88. The Morgan fingerprint density at radius 2 is 2.08 bits per heavy atom. The zero-order valence-electron chi connectivity index (χ0n) is 6.67. The van der Waals surface area contributed by atoms with Gasteiger partial charge in [0.2, 0.25) is 6.43 Å². The number of nitrogens with two attached hydrogens (primary N) is 1. The minimum Gasteiger partial charge on any atom is -0.481 e. The van der Waals surface area contributed by atoms with E-state index in [-0.39, 0.29) is 6.42 Å². The van der Waals surface area contributed by atoms with E-state index in [0.717, 1.165) is 0 Å². The summed E-state index contributed by atoms with van der Waals surface area (Å²) in [5.74, 6) is -2.11. The van der Waals surface area contributed by atoms with E-state index in [1.807, 2.05) is 0 Å². The first kappa shape index (κ1) is 11.3. The van der Waals surface area contributed by atoms with Crippen LogP contribution in [0.4, 0.5) is 8.78 Å². The van der Waals surface area contributed by atoms with Gasteiger partial charge in [-0.05, 0) is 19.4 Å². The van der Waals surface area contributed by atoms with Crippen LogP contribution in [0.2, 0.25) is 0 Å². The fourth-order valence-electron chi connectivity index (χ4n) is 0.921. The molecule has 0 aliphatic rings. The van der Waals surface area contributed by atoms with Gasteiger partial charge in [0.1, 0.15) is 0 Å². The molecule has 0 spiro atoms. The van der Waals surface area contributed by atoms with Gasteiger partial charge in [0, 0.05) is 6.42 Å². The molecule has 0 rings (SSSR count). The highest BCUT2D eigenvalue weighted by Crippen LogP contribution is 2.16. The molecule has 5 heteroatoms. The van der Waals surface area contributed by atoms with E-state index < -0.39 is 24.7 Å². The lowest BCUT2D eigenvalue weighted by molar-refractivity contribution is -0.143. The Morgan fingerprint density at radius 1 is 1.50 bits per heavy atom. The average molecular weight is 181 g/mol. The van der Waals surface area contributed by atoms with E-state index in [1.165, 1.54) is 0 Å². The van der Waals surface area contributed by atoms with Gasteiger partial charge in [-0.2, -0.15) is 0 Å². The third kappa shape index (κ3) is 5.01. The summed E-state index contributed by atoms with van der Waals surface area (Å²) >= 11 is 0. The monoisotopic (exact) mass is 181 g/mol. The van der Waals surface area contributed by atoms with Crippen molar-refractivity contribution in [2.24, 2.45) is 11.7 Å². The van der Waals surface area contributed by atoms with E-state index >= 15 is 0 Å². The van der Waals surface area contributed by atoms with Crippen molar-refractivity contribution in [1.82, 2.24) is 0 Å². The maximum Gasteiger partial charge on any atom is 0.306 e. The van der Waals surface area contributed by atoms with Gasteiger partial charge in [0.05, 0.1) is 5.92 Å². The molecule has 0 amide bonds. The summed E-state index contributed by atoms with van der Waals surface area (Å²) in [4.78, 5) is 10.4. The van der Waals surface area contributed by atoms with E-state index in [2.05, 4.69) is 0 Å². The number of carbonyl (C=O) groups is 1. The lowest BCUT2D eigenvalue weighted by Gasteiger charge is -2.09. The van der Waals surface area contributed by atoms with E-state index in [9.17, 15) is 13.6 Å². The molecule has 0 saturated carbocycles. The largest absolute Gasteiger partial charge is 0.481 e. The third-order valence-electron chi connectivity index (χ3n) is 1.57. The Kier molecular flexibility index (Phi) is 5.53. The molecule has 3 nitrogen and oxygen atoms in total. The van der Waals surface area contributed by atoms with Crippen LogP contribution in [0.1, 0.15) is 19.3 Å². The molecule has 12 heavy (non-hydrogen) atoms. The highest BCUT2D eigenvalue weighted by atomic mass is 19.3. The molecule has 0 radical (unpaired) electrons. The molecule has 0 aliphatic carbocycles. The van der Waals surface area contributed by atoms with Crippen LogP contribution in [0.5, 0.6) is 0 Å². The maximum absolute atomic E-state index is 11.8. The minimum absolute atomic E-state index is 0.232.